The third-order valence-corrected chi connectivity index (χ3v) is 2.81. The molecule has 0 aromatic carbocycles. The van der Waals surface area contributed by atoms with Crippen molar-refractivity contribution in [3.05, 3.63) is 0 Å². The molecular weight excluding hydrogens is 193 g/mol. The fourth-order valence-corrected chi connectivity index (χ4v) is 2.14. The summed E-state index contributed by atoms with van der Waals surface area (Å²) in [5.74, 6) is 5.54. The number of alkyl halides is 3. The summed E-state index contributed by atoms with van der Waals surface area (Å²) in [5, 5.41) is 0. The number of rotatable bonds is 4. The highest BCUT2D eigenvalue weighted by Gasteiger charge is 2.32. The third-order valence-electron chi connectivity index (χ3n) is 2.81. The summed E-state index contributed by atoms with van der Waals surface area (Å²) >= 11 is 0. The summed E-state index contributed by atoms with van der Waals surface area (Å²) in [6.07, 6.45) is 0.0136. The van der Waals surface area contributed by atoms with Gasteiger partial charge in [0.05, 0.1) is 6.42 Å². The Balaban J connectivity index is 2.30. The first-order chi connectivity index (χ1) is 6.51. The molecule has 2 nitrogen and oxygen atoms in total. The minimum absolute atomic E-state index is 0.429. The molecule has 0 aromatic heterocycles. The molecular formula is C9H17F3N2. The maximum absolute atomic E-state index is 12.1. The number of nitrogens with two attached hydrogens (primary N) is 1. The van der Waals surface area contributed by atoms with Crippen LogP contribution >= 0.6 is 0 Å². The van der Waals surface area contributed by atoms with E-state index in [0.717, 1.165) is 25.7 Å². The van der Waals surface area contributed by atoms with Crippen LogP contribution in [-0.2, 0) is 0 Å². The normalized spacial score (nSPS) is 21.4. The topological polar surface area (TPSA) is 38.0 Å². The molecule has 1 rings (SSSR count). The Kier molecular flexibility index (Phi) is 4.19. The number of nitrogens with one attached hydrogen (secondary N) is 1. The van der Waals surface area contributed by atoms with E-state index in [1.54, 1.807) is 0 Å². The lowest BCUT2D eigenvalue weighted by atomic mass is 9.97. The van der Waals surface area contributed by atoms with Crippen LogP contribution in [0.1, 0.15) is 38.5 Å². The average Bonchev–Trinajstić information content (AvgIpc) is 2.53. The number of hydrazine groups is 1. The van der Waals surface area contributed by atoms with Crippen molar-refractivity contribution in [2.45, 2.75) is 50.7 Å². The molecule has 1 aliphatic carbocycles. The molecule has 0 amide bonds. The first-order valence-electron chi connectivity index (χ1n) is 5.04. The maximum Gasteiger partial charge on any atom is 0.390 e. The molecule has 84 valence electrons. The summed E-state index contributed by atoms with van der Waals surface area (Å²) in [4.78, 5) is 0. The van der Waals surface area contributed by atoms with Crippen molar-refractivity contribution < 1.29 is 13.2 Å². The summed E-state index contributed by atoms with van der Waals surface area (Å²) in [6, 6.07) is -0.613. The second-order valence-corrected chi connectivity index (χ2v) is 4.07. The predicted octanol–water partition coefficient (Wildman–Crippen LogP) is 2.35. The van der Waals surface area contributed by atoms with Crippen LogP contribution in [0.5, 0.6) is 0 Å². The molecule has 5 heteroatoms. The maximum atomic E-state index is 12.1. The van der Waals surface area contributed by atoms with Crippen LogP contribution in [0, 0.1) is 5.92 Å². The molecule has 1 unspecified atom stereocenters. The van der Waals surface area contributed by atoms with Crippen LogP contribution in [0.3, 0.4) is 0 Å². The minimum Gasteiger partial charge on any atom is -0.271 e. The van der Waals surface area contributed by atoms with Crippen molar-refractivity contribution in [1.29, 1.82) is 0 Å². The van der Waals surface area contributed by atoms with Crippen molar-refractivity contribution in [3.8, 4) is 0 Å². The fourth-order valence-electron chi connectivity index (χ4n) is 2.14. The zero-order valence-corrected chi connectivity index (χ0v) is 8.11. The number of hydrogen-bond acceptors (Lipinski definition) is 2. The van der Waals surface area contributed by atoms with E-state index in [0.29, 0.717) is 12.3 Å². The standard InChI is InChI=1S/C9H17F3N2/c10-9(11,12)6-8(14-13)5-7-3-1-2-4-7/h7-8,14H,1-6,13H2. The monoisotopic (exact) mass is 210 g/mol. The zero-order chi connectivity index (χ0) is 10.6. The lowest BCUT2D eigenvalue weighted by Crippen LogP contribution is -2.39. The van der Waals surface area contributed by atoms with Gasteiger partial charge in [-0.15, -0.1) is 0 Å². The molecule has 0 aromatic rings. The predicted molar refractivity (Wildman–Crippen MR) is 48.4 cm³/mol. The molecule has 3 N–H and O–H groups in total. The molecule has 0 bridgehead atoms. The molecule has 0 spiro atoms. The molecule has 0 radical (unpaired) electrons. The van der Waals surface area contributed by atoms with Gasteiger partial charge < -0.3 is 0 Å². The molecule has 0 aliphatic heterocycles. The van der Waals surface area contributed by atoms with Crippen LogP contribution in [0.15, 0.2) is 0 Å². The van der Waals surface area contributed by atoms with Gasteiger partial charge in [0.25, 0.3) is 0 Å². The van der Waals surface area contributed by atoms with E-state index in [-0.39, 0.29) is 0 Å². The highest BCUT2D eigenvalue weighted by atomic mass is 19.4. The van der Waals surface area contributed by atoms with Gasteiger partial charge in [0.15, 0.2) is 0 Å². The number of hydrogen-bond donors (Lipinski definition) is 2. The van der Waals surface area contributed by atoms with E-state index in [4.69, 9.17) is 5.84 Å². The highest BCUT2D eigenvalue weighted by Crippen LogP contribution is 2.31. The van der Waals surface area contributed by atoms with Crippen LogP contribution in [0.25, 0.3) is 0 Å². The van der Waals surface area contributed by atoms with E-state index in [2.05, 4.69) is 5.43 Å². The first-order valence-corrected chi connectivity index (χ1v) is 5.04. The smallest absolute Gasteiger partial charge is 0.271 e. The Morgan fingerprint density at radius 2 is 1.86 bits per heavy atom. The van der Waals surface area contributed by atoms with Gasteiger partial charge in [-0.1, -0.05) is 25.7 Å². The first kappa shape index (κ1) is 11.8. The molecule has 0 heterocycles. The molecule has 1 saturated carbocycles. The van der Waals surface area contributed by atoms with E-state index in [1.165, 1.54) is 0 Å². The summed E-state index contributed by atoms with van der Waals surface area (Å²) < 4.78 is 36.2. The van der Waals surface area contributed by atoms with Gasteiger partial charge in [0.1, 0.15) is 0 Å². The summed E-state index contributed by atoms with van der Waals surface area (Å²) in [5.41, 5.74) is 2.27. The van der Waals surface area contributed by atoms with E-state index in [9.17, 15) is 13.2 Å². The average molecular weight is 210 g/mol. The van der Waals surface area contributed by atoms with Crippen LogP contribution in [0.4, 0.5) is 13.2 Å². The molecule has 0 saturated heterocycles. The minimum atomic E-state index is -4.12. The summed E-state index contributed by atoms with van der Waals surface area (Å²) in [6.45, 7) is 0. The largest absolute Gasteiger partial charge is 0.390 e. The van der Waals surface area contributed by atoms with E-state index >= 15 is 0 Å². The van der Waals surface area contributed by atoms with E-state index in [1.807, 2.05) is 0 Å². The van der Waals surface area contributed by atoms with Crippen molar-refractivity contribution in [2.24, 2.45) is 11.8 Å². The van der Waals surface area contributed by atoms with Crippen molar-refractivity contribution in [1.82, 2.24) is 5.43 Å². The van der Waals surface area contributed by atoms with Gasteiger partial charge in [-0.2, -0.15) is 13.2 Å². The Morgan fingerprint density at radius 3 is 2.29 bits per heavy atom. The molecule has 1 aliphatic rings. The molecule has 1 fully saturated rings. The van der Waals surface area contributed by atoms with Crippen molar-refractivity contribution >= 4 is 0 Å². The van der Waals surface area contributed by atoms with Crippen molar-refractivity contribution in [3.63, 3.8) is 0 Å². The molecule has 1 atom stereocenters. The van der Waals surface area contributed by atoms with Gasteiger partial charge in [-0.3, -0.25) is 11.3 Å². The quantitative estimate of drug-likeness (QED) is 0.552. The fraction of sp³-hybridized carbons (Fsp3) is 1.00. The Morgan fingerprint density at radius 1 is 1.29 bits per heavy atom. The lowest BCUT2D eigenvalue weighted by Gasteiger charge is -2.20. The van der Waals surface area contributed by atoms with Crippen LogP contribution < -0.4 is 11.3 Å². The summed E-state index contributed by atoms with van der Waals surface area (Å²) in [7, 11) is 0. The highest BCUT2D eigenvalue weighted by molar-refractivity contribution is 4.76. The third kappa shape index (κ3) is 4.28. The van der Waals surface area contributed by atoms with Crippen molar-refractivity contribution in [2.75, 3.05) is 0 Å². The van der Waals surface area contributed by atoms with Gasteiger partial charge in [-0.25, -0.2) is 0 Å². The van der Waals surface area contributed by atoms with Gasteiger partial charge in [0.2, 0.25) is 0 Å². The Bertz CT molecular complexity index is 164. The second-order valence-electron chi connectivity index (χ2n) is 4.07. The van der Waals surface area contributed by atoms with Crippen LogP contribution in [-0.4, -0.2) is 12.2 Å². The van der Waals surface area contributed by atoms with Gasteiger partial charge >= 0.3 is 6.18 Å². The lowest BCUT2D eigenvalue weighted by molar-refractivity contribution is -0.141. The second kappa shape index (κ2) is 4.98. The molecule has 14 heavy (non-hydrogen) atoms. The zero-order valence-electron chi connectivity index (χ0n) is 8.11. The Labute approximate surface area is 82.0 Å². The van der Waals surface area contributed by atoms with Gasteiger partial charge in [0, 0.05) is 6.04 Å². The van der Waals surface area contributed by atoms with Crippen LogP contribution in [0.2, 0.25) is 0 Å². The van der Waals surface area contributed by atoms with E-state index < -0.39 is 18.6 Å². The Hall–Kier alpha value is -0.290. The SMILES string of the molecule is NNC(CC1CCCC1)CC(F)(F)F. The number of halogens is 3. The van der Waals surface area contributed by atoms with Gasteiger partial charge in [-0.05, 0) is 12.3 Å².